The second-order valence-corrected chi connectivity index (χ2v) is 2.94. The molecule has 1 rings (SSSR count). The van der Waals surface area contributed by atoms with Crippen molar-refractivity contribution in [3.63, 3.8) is 0 Å². The molecule has 0 amide bonds. The number of ether oxygens (including phenoxy) is 3. The van der Waals surface area contributed by atoms with Crippen LogP contribution in [0.15, 0.2) is 0 Å². The quantitative estimate of drug-likeness (QED) is 0.633. The number of rotatable bonds is 4. The van der Waals surface area contributed by atoms with Gasteiger partial charge in [-0.05, 0) is 0 Å². The lowest BCUT2D eigenvalue weighted by molar-refractivity contribution is -0.0274. The Morgan fingerprint density at radius 2 is 2.00 bits per heavy atom. The molecule has 72 valence electrons. The number of methoxy groups -OCH3 is 3. The van der Waals surface area contributed by atoms with Crippen LogP contribution in [0.5, 0.6) is 0 Å². The highest BCUT2D eigenvalue weighted by Gasteiger charge is 2.35. The van der Waals surface area contributed by atoms with E-state index in [4.69, 9.17) is 14.2 Å². The highest BCUT2D eigenvalue weighted by molar-refractivity contribution is 4.92. The number of hydrogen-bond donors (Lipinski definition) is 1. The van der Waals surface area contributed by atoms with Gasteiger partial charge in [0, 0.05) is 27.9 Å². The standard InChI is InChI=1S/C8H17NO3/c1-10-5-6-8(12-3)7(11-2)4-9-6/h6-9H,4-5H2,1-3H3/t6-,7+,8-/m1/s1. The SMILES string of the molecule is COC[C@H]1NC[C@H](OC)[C@@H]1OC. The van der Waals surface area contributed by atoms with Gasteiger partial charge in [0.1, 0.15) is 6.10 Å². The maximum Gasteiger partial charge on any atom is 0.102 e. The van der Waals surface area contributed by atoms with Crippen LogP contribution in [0.25, 0.3) is 0 Å². The Bertz CT molecular complexity index is 131. The Hall–Kier alpha value is -0.160. The fourth-order valence-corrected chi connectivity index (χ4v) is 1.63. The van der Waals surface area contributed by atoms with Gasteiger partial charge in [0.25, 0.3) is 0 Å². The molecule has 1 N–H and O–H groups in total. The lowest BCUT2D eigenvalue weighted by Crippen LogP contribution is -2.38. The van der Waals surface area contributed by atoms with E-state index >= 15 is 0 Å². The van der Waals surface area contributed by atoms with Crippen LogP contribution in [0.2, 0.25) is 0 Å². The van der Waals surface area contributed by atoms with Crippen LogP contribution in [-0.2, 0) is 14.2 Å². The molecule has 1 aliphatic rings. The van der Waals surface area contributed by atoms with Crippen LogP contribution < -0.4 is 5.32 Å². The van der Waals surface area contributed by atoms with Gasteiger partial charge in [-0.25, -0.2) is 0 Å². The first-order valence-corrected chi connectivity index (χ1v) is 4.11. The summed E-state index contributed by atoms with van der Waals surface area (Å²) in [6, 6.07) is 0.255. The van der Waals surface area contributed by atoms with Crippen LogP contribution in [0.3, 0.4) is 0 Å². The molecule has 1 aliphatic heterocycles. The van der Waals surface area contributed by atoms with Gasteiger partial charge in [0.2, 0.25) is 0 Å². The first-order valence-electron chi connectivity index (χ1n) is 4.11. The molecule has 4 heteroatoms. The largest absolute Gasteiger partial charge is 0.383 e. The molecule has 0 radical (unpaired) electrons. The van der Waals surface area contributed by atoms with Crippen LogP contribution in [0.1, 0.15) is 0 Å². The van der Waals surface area contributed by atoms with Gasteiger partial charge < -0.3 is 19.5 Å². The van der Waals surface area contributed by atoms with Crippen molar-refractivity contribution in [2.45, 2.75) is 18.2 Å². The van der Waals surface area contributed by atoms with Crippen molar-refractivity contribution in [2.24, 2.45) is 0 Å². The van der Waals surface area contributed by atoms with Gasteiger partial charge in [-0.3, -0.25) is 0 Å². The lowest BCUT2D eigenvalue weighted by atomic mass is 10.1. The summed E-state index contributed by atoms with van der Waals surface area (Å²) in [5, 5.41) is 3.28. The molecule has 0 spiro atoms. The van der Waals surface area contributed by atoms with E-state index in [1.54, 1.807) is 21.3 Å². The molecule has 1 saturated heterocycles. The van der Waals surface area contributed by atoms with Crippen LogP contribution in [0.4, 0.5) is 0 Å². The molecule has 4 nitrogen and oxygen atoms in total. The summed E-state index contributed by atoms with van der Waals surface area (Å²) < 4.78 is 15.6. The van der Waals surface area contributed by atoms with Crippen LogP contribution in [0, 0.1) is 0 Å². The zero-order valence-corrected chi connectivity index (χ0v) is 7.87. The Labute approximate surface area is 73.2 Å². The third-order valence-corrected chi connectivity index (χ3v) is 2.27. The van der Waals surface area contributed by atoms with Crippen molar-refractivity contribution < 1.29 is 14.2 Å². The molecule has 0 aromatic heterocycles. The second kappa shape index (κ2) is 4.77. The minimum Gasteiger partial charge on any atom is -0.383 e. The summed E-state index contributed by atoms with van der Waals surface area (Å²) in [6.45, 7) is 1.50. The van der Waals surface area contributed by atoms with Gasteiger partial charge in [-0.15, -0.1) is 0 Å². The van der Waals surface area contributed by atoms with Crippen LogP contribution in [-0.4, -0.2) is 52.7 Å². The zero-order valence-electron chi connectivity index (χ0n) is 7.87. The topological polar surface area (TPSA) is 39.7 Å². The molecule has 0 unspecified atom stereocenters. The number of nitrogens with one attached hydrogen (secondary N) is 1. The predicted octanol–water partition coefficient (Wildman–Crippen LogP) is -0.365. The molecular weight excluding hydrogens is 158 g/mol. The summed E-state index contributed by atoms with van der Waals surface area (Å²) >= 11 is 0. The van der Waals surface area contributed by atoms with E-state index in [-0.39, 0.29) is 18.2 Å². The van der Waals surface area contributed by atoms with Crippen molar-refractivity contribution in [3.05, 3.63) is 0 Å². The Balaban J connectivity index is 2.44. The maximum absolute atomic E-state index is 5.31. The summed E-state index contributed by atoms with van der Waals surface area (Å²) in [5.74, 6) is 0. The summed E-state index contributed by atoms with van der Waals surface area (Å²) in [6.07, 6.45) is 0.255. The first-order chi connectivity index (χ1) is 5.83. The van der Waals surface area contributed by atoms with Crippen molar-refractivity contribution in [1.29, 1.82) is 0 Å². The normalized spacial score (nSPS) is 35.8. The molecule has 0 aromatic carbocycles. The molecule has 0 saturated carbocycles. The Morgan fingerprint density at radius 1 is 1.25 bits per heavy atom. The smallest absolute Gasteiger partial charge is 0.102 e. The van der Waals surface area contributed by atoms with Crippen LogP contribution >= 0.6 is 0 Å². The summed E-state index contributed by atoms with van der Waals surface area (Å²) in [5.41, 5.74) is 0. The summed E-state index contributed by atoms with van der Waals surface area (Å²) in [7, 11) is 5.09. The van der Waals surface area contributed by atoms with E-state index in [0.29, 0.717) is 6.61 Å². The maximum atomic E-state index is 5.31. The third kappa shape index (κ3) is 1.95. The van der Waals surface area contributed by atoms with E-state index < -0.39 is 0 Å². The highest BCUT2D eigenvalue weighted by atomic mass is 16.5. The molecule has 0 bridgehead atoms. The van der Waals surface area contributed by atoms with E-state index in [0.717, 1.165) is 6.54 Å². The molecule has 12 heavy (non-hydrogen) atoms. The van der Waals surface area contributed by atoms with Crippen molar-refractivity contribution >= 4 is 0 Å². The molecule has 1 fully saturated rings. The van der Waals surface area contributed by atoms with Gasteiger partial charge in [-0.2, -0.15) is 0 Å². The second-order valence-electron chi connectivity index (χ2n) is 2.94. The molecule has 0 aromatic rings. The van der Waals surface area contributed by atoms with E-state index in [9.17, 15) is 0 Å². The van der Waals surface area contributed by atoms with E-state index in [1.807, 2.05) is 0 Å². The molecular formula is C8H17NO3. The first kappa shape index (κ1) is 9.92. The van der Waals surface area contributed by atoms with Crippen molar-refractivity contribution in [3.8, 4) is 0 Å². The summed E-state index contributed by atoms with van der Waals surface area (Å²) in [4.78, 5) is 0. The monoisotopic (exact) mass is 175 g/mol. The van der Waals surface area contributed by atoms with Gasteiger partial charge in [0.05, 0.1) is 18.8 Å². The molecule has 1 heterocycles. The minimum absolute atomic E-state index is 0.106. The molecule has 0 aliphatic carbocycles. The Morgan fingerprint density at radius 3 is 2.50 bits per heavy atom. The predicted molar refractivity (Wildman–Crippen MR) is 45.3 cm³/mol. The van der Waals surface area contributed by atoms with Gasteiger partial charge in [0.15, 0.2) is 0 Å². The Kier molecular flexibility index (Phi) is 3.94. The third-order valence-electron chi connectivity index (χ3n) is 2.27. The average Bonchev–Trinajstić information content (AvgIpc) is 2.47. The minimum atomic E-state index is 0.106. The van der Waals surface area contributed by atoms with Crippen molar-refractivity contribution in [1.82, 2.24) is 5.32 Å². The number of hydrogen-bond acceptors (Lipinski definition) is 4. The zero-order chi connectivity index (χ0) is 8.97. The van der Waals surface area contributed by atoms with Gasteiger partial charge >= 0.3 is 0 Å². The fraction of sp³-hybridized carbons (Fsp3) is 1.00. The van der Waals surface area contributed by atoms with Crippen molar-refractivity contribution in [2.75, 3.05) is 34.5 Å². The lowest BCUT2D eigenvalue weighted by Gasteiger charge is -2.20. The highest BCUT2D eigenvalue weighted by Crippen LogP contribution is 2.14. The van der Waals surface area contributed by atoms with E-state index in [2.05, 4.69) is 5.32 Å². The van der Waals surface area contributed by atoms with E-state index in [1.165, 1.54) is 0 Å². The average molecular weight is 175 g/mol. The fourth-order valence-electron chi connectivity index (χ4n) is 1.63. The van der Waals surface area contributed by atoms with Gasteiger partial charge in [-0.1, -0.05) is 0 Å². The molecule has 3 atom stereocenters.